The molecule has 0 bridgehead atoms. The van der Waals surface area contributed by atoms with E-state index in [9.17, 15) is 18.0 Å². The molecule has 1 saturated heterocycles. The van der Waals surface area contributed by atoms with Crippen molar-refractivity contribution in [3.05, 3.63) is 17.0 Å². The molecule has 1 aromatic rings. The molecule has 0 radical (unpaired) electrons. The third-order valence-corrected chi connectivity index (χ3v) is 6.71. The van der Waals surface area contributed by atoms with Crippen molar-refractivity contribution in [3.63, 3.8) is 0 Å². The van der Waals surface area contributed by atoms with Crippen LogP contribution in [0.15, 0.2) is 16.3 Å². The van der Waals surface area contributed by atoms with E-state index in [2.05, 4.69) is 5.32 Å². The second kappa shape index (κ2) is 6.12. The molecule has 21 heavy (non-hydrogen) atoms. The van der Waals surface area contributed by atoms with E-state index in [1.807, 2.05) is 0 Å². The highest BCUT2D eigenvalue weighted by Crippen LogP contribution is 2.28. The summed E-state index contributed by atoms with van der Waals surface area (Å²) in [6, 6.07) is 3.20. The van der Waals surface area contributed by atoms with E-state index in [0.29, 0.717) is 19.5 Å². The van der Waals surface area contributed by atoms with Gasteiger partial charge in [-0.15, -0.1) is 11.3 Å². The molecule has 0 saturated carbocycles. The zero-order chi connectivity index (χ0) is 15.6. The highest BCUT2D eigenvalue weighted by Gasteiger charge is 2.35. The van der Waals surface area contributed by atoms with Gasteiger partial charge in [0.05, 0.1) is 12.5 Å². The van der Waals surface area contributed by atoms with Crippen LogP contribution in [0, 0.1) is 5.92 Å². The van der Waals surface area contributed by atoms with Gasteiger partial charge >= 0.3 is 0 Å². The first-order chi connectivity index (χ1) is 9.80. The van der Waals surface area contributed by atoms with Crippen LogP contribution in [0.25, 0.3) is 0 Å². The summed E-state index contributed by atoms with van der Waals surface area (Å²) in [5.41, 5.74) is 5.22. The average molecular weight is 331 g/mol. The van der Waals surface area contributed by atoms with Gasteiger partial charge in [-0.3, -0.25) is 9.59 Å². The molecule has 1 fully saturated rings. The number of nitrogens with zero attached hydrogens (tertiary/aromatic N) is 1. The number of carbonyl (C=O) groups is 2. The van der Waals surface area contributed by atoms with Crippen LogP contribution in [-0.2, 0) is 26.2 Å². The summed E-state index contributed by atoms with van der Waals surface area (Å²) in [6.07, 6.45) is 0.457. The molecule has 1 aliphatic rings. The Morgan fingerprint density at radius 2 is 2.19 bits per heavy atom. The van der Waals surface area contributed by atoms with Gasteiger partial charge in [0.15, 0.2) is 0 Å². The first-order valence-corrected chi connectivity index (χ1v) is 8.69. The van der Waals surface area contributed by atoms with Crippen molar-refractivity contribution in [2.75, 3.05) is 13.1 Å². The summed E-state index contributed by atoms with van der Waals surface area (Å²) in [7, 11) is -3.59. The van der Waals surface area contributed by atoms with Crippen LogP contribution in [0.3, 0.4) is 0 Å². The van der Waals surface area contributed by atoms with Gasteiger partial charge in [0.2, 0.25) is 11.8 Å². The van der Waals surface area contributed by atoms with E-state index in [1.165, 1.54) is 17.3 Å². The number of thiophene rings is 1. The number of carbonyl (C=O) groups excluding carboxylic acids is 2. The van der Waals surface area contributed by atoms with Crippen LogP contribution < -0.4 is 11.1 Å². The van der Waals surface area contributed by atoms with Crippen LogP contribution in [-0.4, -0.2) is 37.6 Å². The van der Waals surface area contributed by atoms with Crippen LogP contribution in [0.5, 0.6) is 0 Å². The summed E-state index contributed by atoms with van der Waals surface area (Å²) in [5, 5.41) is 2.62. The van der Waals surface area contributed by atoms with Gasteiger partial charge in [0.25, 0.3) is 10.0 Å². The maximum atomic E-state index is 12.5. The largest absolute Gasteiger partial charge is 0.369 e. The van der Waals surface area contributed by atoms with Gasteiger partial charge in [-0.25, -0.2) is 8.42 Å². The van der Waals surface area contributed by atoms with Crippen LogP contribution in [0.4, 0.5) is 0 Å². The maximum Gasteiger partial charge on any atom is 0.252 e. The molecular weight excluding hydrogens is 314 g/mol. The molecule has 9 heteroatoms. The monoisotopic (exact) mass is 331 g/mol. The Balaban J connectivity index is 2.10. The fraction of sp³-hybridized carbons (Fsp3) is 0.500. The fourth-order valence-electron chi connectivity index (χ4n) is 2.11. The summed E-state index contributed by atoms with van der Waals surface area (Å²) < 4.78 is 26.4. The number of nitrogens with two attached hydrogens (primary N) is 1. The third-order valence-electron chi connectivity index (χ3n) is 3.30. The van der Waals surface area contributed by atoms with E-state index < -0.39 is 21.8 Å². The molecule has 0 aromatic carbocycles. The lowest BCUT2D eigenvalue weighted by Crippen LogP contribution is -2.31. The highest BCUT2D eigenvalue weighted by atomic mass is 32.2. The number of nitrogens with one attached hydrogen (secondary N) is 1. The number of amides is 2. The number of sulfonamides is 1. The zero-order valence-corrected chi connectivity index (χ0v) is 13.2. The zero-order valence-electron chi connectivity index (χ0n) is 11.5. The summed E-state index contributed by atoms with van der Waals surface area (Å²) in [4.78, 5) is 22.7. The molecule has 3 N–H and O–H groups in total. The Kier molecular flexibility index (Phi) is 4.64. The Morgan fingerprint density at radius 1 is 1.48 bits per heavy atom. The lowest BCUT2D eigenvalue weighted by atomic mass is 10.1. The predicted molar refractivity (Wildman–Crippen MR) is 77.9 cm³/mol. The predicted octanol–water partition coefficient (Wildman–Crippen LogP) is -0.120. The highest BCUT2D eigenvalue weighted by molar-refractivity contribution is 7.91. The fourth-order valence-corrected chi connectivity index (χ4v) is 5.06. The standard InChI is InChI=1S/C12H17N3O4S2/c1-8(16)14-6-10-2-3-11(20-10)21(18,19)15-5-4-9(7-15)12(13)17/h2-3,9H,4-7H2,1H3,(H2,13,17)(H,14,16). The first-order valence-electron chi connectivity index (χ1n) is 6.43. The summed E-state index contributed by atoms with van der Waals surface area (Å²) >= 11 is 1.12. The SMILES string of the molecule is CC(=O)NCc1ccc(S(=O)(=O)N2CCC(C(N)=O)C2)s1. The second-order valence-electron chi connectivity index (χ2n) is 4.88. The lowest BCUT2D eigenvalue weighted by Gasteiger charge is -2.14. The third kappa shape index (κ3) is 3.60. The molecule has 0 aliphatic carbocycles. The second-order valence-corrected chi connectivity index (χ2v) is 8.21. The van der Waals surface area contributed by atoms with E-state index in [-0.39, 0.29) is 16.7 Å². The molecule has 2 amide bonds. The minimum absolute atomic E-state index is 0.136. The van der Waals surface area contributed by atoms with E-state index >= 15 is 0 Å². The number of rotatable bonds is 5. The van der Waals surface area contributed by atoms with E-state index in [4.69, 9.17) is 5.73 Å². The topological polar surface area (TPSA) is 110 Å². The quantitative estimate of drug-likeness (QED) is 0.784. The minimum atomic E-state index is -3.59. The van der Waals surface area contributed by atoms with Crippen molar-refractivity contribution < 1.29 is 18.0 Å². The molecule has 0 spiro atoms. The van der Waals surface area contributed by atoms with Gasteiger partial charge < -0.3 is 11.1 Å². The molecular formula is C12H17N3O4S2. The molecule has 2 heterocycles. The molecule has 1 aromatic heterocycles. The number of hydrogen-bond donors (Lipinski definition) is 2. The Hall–Kier alpha value is -1.45. The lowest BCUT2D eigenvalue weighted by molar-refractivity contribution is -0.121. The van der Waals surface area contributed by atoms with Gasteiger partial charge in [0, 0.05) is 24.9 Å². The smallest absolute Gasteiger partial charge is 0.252 e. The Labute approximate surface area is 127 Å². The van der Waals surface area contributed by atoms with Gasteiger partial charge in [-0.1, -0.05) is 0 Å². The van der Waals surface area contributed by atoms with Crippen molar-refractivity contribution in [1.29, 1.82) is 0 Å². The minimum Gasteiger partial charge on any atom is -0.369 e. The molecule has 1 unspecified atom stereocenters. The molecule has 1 atom stereocenters. The van der Waals surface area contributed by atoms with Gasteiger partial charge in [-0.05, 0) is 18.6 Å². The van der Waals surface area contributed by atoms with Crippen LogP contribution in [0.1, 0.15) is 18.2 Å². The van der Waals surface area contributed by atoms with Crippen molar-refractivity contribution in [2.24, 2.45) is 11.7 Å². The van der Waals surface area contributed by atoms with Crippen molar-refractivity contribution >= 4 is 33.2 Å². The number of hydrogen-bond acceptors (Lipinski definition) is 5. The average Bonchev–Trinajstić information content (AvgIpc) is 3.06. The molecule has 7 nitrogen and oxygen atoms in total. The van der Waals surface area contributed by atoms with Crippen LogP contribution in [0.2, 0.25) is 0 Å². The Morgan fingerprint density at radius 3 is 2.76 bits per heavy atom. The van der Waals surface area contributed by atoms with Crippen molar-refractivity contribution in [2.45, 2.75) is 24.1 Å². The summed E-state index contributed by atoms with van der Waals surface area (Å²) in [5.74, 6) is -1.06. The maximum absolute atomic E-state index is 12.5. The Bertz CT molecular complexity index is 653. The van der Waals surface area contributed by atoms with Crippen molar-refractivity contribution in [3.8, 4) is 0 Å². The molecule has 1 aliphatic heterocycles. The normalized spacial score (nSPS) is 19.6. The number of primary amides is 1. The van der Waals surface area contributed by atoms with E-state index in [1.54, 1.807) is 6.07 Å². The molecule has 116 valence electrons. The van der Waals surface area contributed by atoms with Crippen molar-refractivity contribution in [1.82, 2.24) is 9.62 Å². The summed E-state index contributed by atoms with van der Waals surface area (Å²) in [6.45, 7) is 2.14. The first kappa shape index (κ1) is 15.9. The van der Waals surface area contributed by atoms with Gasteiger partial charge in [0.1, 0.15) is 4.21 Å². The van der Waals surface area contributed by atoms with E-state index in [0.717, 1.165) is 16.2 Å². The van der Waals surface area contributed by atoms with Gasteiger partial charge in [-0.2, -0.15) is 4.31 Å². The van der Waals surface area contributed by atoms with Crippen LogP contribution >= 0.6 is 11.3 Å². The molecule has 2 rings (SSSR count).